The highest BCUT2D eigenvalue weighted by atomic mass is 16.2. The van der Waals surface area contributed by atoms with Gasteiger partial charge in [-0.1, -0.05) is 19.3 Å². The van der Waals surface area contributed by atoms with E-state index in [1.807, 2.05) is 17.2 Å². The molecule has 0 unspecified atom stereocenters. The van der Waals surface area contributed by atoms with Crippen LogP contribution >= 0.6 is 0 Å². The lowest BCUT2D eigenvalue weighted by Crippen LogP contribution is -2.29. The van der Waals surface area contributed by atoms with Crippen LogP contribution in [0.25, 0.3) is 22.1 Å². The third-order valence-electron chi connectivity index (χ3n) is 5.97. The minimum Gasteiger partial charge on any atom is -0.346 e. The summed E-state index contributed by atoms with van der Waals surface area (Å²) >= 11 is 0. The molecule has 1 saturated heterocycles. The van der Waals surface area contributed by atoms with Crippen molar-refractivity contribution < 1.29 is 6.22 Å². The van der Waals surface area contributed by atoms with Crippen molar-refractivity contribution in [3.63, 3.8) is 0 Å². The molecule has 7 nitrogen and oxygen atoms in total. The number of hydrogen-bond acceptors (Lipinski definition) is 4. The van der Waals surface area contributed by atoms with Crippen molar-refractivity contribution in [2.24, 2.45) is 5.92 Å². The zero-order chi connectivity index (χ0) is 20.1. The van der Waals surface area contributed by atoms with Crippen LogP contribution in [0.4, 0.5) is 0 Å². The number of nitriles is 1. The van der Waals surface area contributed by atoms with Gasteiger partial charge < -0.3 is 14.9 Å². The Morgan fingerprint density at radius 3 is 2.79 bits per heavy atom. The summed E-state index contributed by atoms with van der Waals surface area (Å²) in [5.74, 6) is 1.61. The van der Waals surface area contributed by atoms with E-state index in [1.165, 1.54) is 32.1 Å². The topological polar surface area (TPSA) is 101 Å². The number of carbonyl (C=O) groups is 1. The van der Waals surface area contributed by atoms with E-state index < -0.39 is 0 Å². The van der Waals surface area contributed by atoms with Gasteiger partial charge in [-0.3, -0.25) is 4.79 Å². The van der Waals surface area contributed by atoms with Crippen LogP contribution in [-0.2, 0) is 11.2 Å². The molecule has 1 aliphatic heterocycles. The van der Waals surface area contributed by atoms with Crippen LogP contribution in [0.2, 0.25) is 0 Å². The number of imidazole rings is 1. The fraction of sp³-hybridized carbons (Fsp3) is 0.545. The second-order valence-electron chi connectivity index (χ2n) is 8.07. The van der Waals surface area contributed by atoms with Gasteiger partial charge in [0.05, 0.1) is 24.2 Å². The number of rotatable bonds is 3. The normalized spacial score (nSPS) is 17.3. The standard InChI is InChI=1S/C14H15N5O.C8H13N.H2/c20-12(19-5-1-2-6-19)7-11-17-10-8-16-14-9(3-4-15-14)13(10)18-11;9-7-6-8-4-2-1-3-5-8;/h3-4,8H,1-2,5-7H2,(H,15,16)(H,17,18);8H,1-6H2;1H. The second-order valence-corrected chi connectivity index (χ2v) is 8.07. The smallest absolute Gasteiger partial charge is 0.230 e. The Labute approximate surface area is 172 Å². The highest BCUT2D eigenvalue weighted by Crippen LogP contribution is 2.25. The van der Waals surface area contributed by atoms with Crippen molar-refractivity contribution in [3.8, 4) is 6.07 Å². The molecule has 3 aromatic heterocycles. The molecule has 0 spiro atoms. The number of nitrogens with one attached hydrogen (secondary N) is 2. The highest BCUT2D eigenvalue weighted by molar-refractivity contribution is 6.00. The van der Waals surface area contributed by atoms with Crippen LogP contribution in [0.15, 0.2) is 18.5 Å². The second kappa shape index (κ2) is 9.08. The molecule has 2 N–H and O–H groups in total. The zero-order valence-electron chi connectivity index (χ0n) is 16.8. The van der Waals surface area contributed by atoms with Gasteiger partial charge in [-0.15, -0.1) is 0 Å². The number of hydrogen-bond donors (Lipinski definition) is 2. The maximum absolute atomic E-state index is 12.1. The molecular weight excluding hydrogens is 364 g/mol. The largest absolute Gasteiger partial charge is 0.346 e. The lowest BCUT2D eigenvalue weighted by Gasteiger charge is -2.17. The molecule has 2 fully saturated rings. The SMILES string of the molecule is N#CCC1CCCCC1.O=C(Cc1nc2c(cnc3[nH]ccc32)[nH]1)N1CCCC1.[HH]. The lowest BCUT2D eigenvalue weighted by atomic mass is 9.87. The van der Waals surface area contributed by atoms with E-state index in [2.05, 4.69) is 26.0 Å². The van der Waals surface area contributed by atoms with Gasteiger partial charge in [0.25, 0.3) is 0 Å². The Bertz CT molecular complexity index is 1010. The molecular formula is C22H30N6O. The maximum Gasteiger partial charge on any atom is 0.230 e. The number of nitrogens with zero attached hydrogens (tertiary/aromatic N) is 4. The summed E-state index contributed by atoms with van der Waals surface area (Å²) in [5.41, 5.74) is 2.57. The summed E-state index contributed by atoms with van der Waals surface area (Å²) in [6, 6.07) is 4.19. The lowest BCUT2D eigenvalue weighted by molar-refractivity contribution is -0.129. The number of H-pyrrole nitrogens is 2. The van der Waals surface area contributed by atoms with Crippen LogP contribution in [0.3, 0.4) is 0 Å². The third-order valence-corrected chi connectivity index (χ3v) is 5.97. The number of pyridine rings is 1. The Hall–Kier alpha value is -2.88. The molecule has 7 heteroatoms. The average molecular weight is 395 g/mol. The summed E-state index contributed by atoms with van der Waals surface area (Å²) in [4.78, 5) is 29.2. The van der Waals surface area contributed by atoms with Crippen LogP contribution < -0.4 is 0 Å². The van der Waals surface area contributed by atoms with Crippen molar-refractivity contribution in [3.05, 3.63) is 24.3 Å². The van der Waals surface area contributed by atoms with Gasteiger partial charge in [0.1, 0.15) is 17.0 Å². The van der Waals surface area contributed by atoms with Crippen molar-refractivity contribution in [1.82, 2.24) is 24.8 Å². The maximum atomic E-state index is 12.1. The van der Waals surface area contributed by atoms with Gasteiger partial charge in [-0.25, -0.2) is 9.97 Å². The van der Waals surface area contributed by atoms with E-state index in [9.17, 15) is 4.79 Å². The molecule has 0 atom stereocenters. The van der Waals surface area contributed by atoms with Crippen molar-refractivity contribution in [2.75, 3.05) is 13.1 Å². The first kappa shape index (κ1) is 19.4. The van der Waals surface area contributed by atoms with Gasteiger partial charge >= 0.3 is 0 Å². The minimum atomic E-state index is 0. The van der Waals surface area contributed by atoms with Crippen LogP contribution in [-0.4, -0.2) is 43.8 Å². The van der Waals surface area contributed by atoms with Gasteiger partial charge in [0.15, 0.2) is 0 Å². The summed E-state index contributed by atoms with van der Waals surface area (Å²) in [5, 5.41) is 9.35. The first-order valence-corrected chi connectivity index (χ1v) is 10.7. The number of fused-ring (bicyclic) bond motifs is 3. The van der Waals surface area contributed by atoms with E-state index in [0.717, 1.165) is 60.3 Å². The number of amides is 1. The molecule has 3 aromatic rings. The summed E-state index contributed by atoms with van der Waals surface area (Å²) in [6.07, 6.45) is 13.6. The molecule has 5 rings (SSSR count). The van der Waals surface area contributed by atoms with Crippen molar-refractivity contribution >= 4 is 28.0 Å². The number of aromatic nitrogens is 4. The molecule has 29 heavy (non-hydrogen) atoms. The predicted molar refractivity (Wildman–Crippen MR) is 114 cm³/mol. The van der Waals surface area contributed by atoms with Gasteiger partial charge in [0.2, 0.25) is 5.91 Å². The molecule has 4 heterocycles. The van der Waals surface area contributed by atoms with E-state index in [1.54, 1.807) is 6.20 Å². The molecule has 154 valence electrons. The Morgan fingerprint density at radius 1 is 1.24 bits per heavy atom. The van der Waals surface area contributed by atoms with Gasteiger partial charge in [-0.05, 0) is 37.7 Å². The summed E-state index contributed by atoms with van der Waals surface area (Å²) in [7, 11) is 0. The van der Waals surface area contributed by atoms with Crippen molar-refractivity contribution in [2.45, 2.75) is 57.8 Å². The van der Waals surface area contributed by atoms with Crippen LogP contribution in [0.5, 0.6) is 0 Å². The Balaban J connectivity index is 0.000000218. The Morgan fingerprint density at radius 2 is 2.03 bits per heavy atom. The molecule has 0 radical (unpaired) electrons. The first-order chi connectivity index (χ1) is 14.2. The monoisotopic (exact) mass is 394 g/mol. The minimum absolute atomic E-state index is 0. The molecule has 2 aliphatic rings. The number of aromatic amines is 2. The summed E-state index contributed by atoms with van der Waals surface area (Å²) in [6.45, 7) is 1.76. The predicted octanol–water partition coefficient (Wildman–Crippen LogP) is 4.33. The molecule has 0 bridgehead atoms. The molecule has 1 amide bonds. The first-order valence-electron chi connectivity index (χ1n) is 10.7. The molecule has 0 aromatic carbocycles. The summed E-state index contributed by atoms with van der Waals surface area (Å²) < 4.78 is 0. The van der Waals surface area contributed by atoms with E-state index in [0.29, 0.717) is 12.2 Å². The molecule has 1 aliphatic carbocycles. The quantitative estimate of drug-likeness (QED) is 0.690. The van der Waals surface area contributed by atoms with E-state index in [-0.39, 0.29) is 7.33 Å². The van der Waals surface area contributed by atoms with E-state index in [4.69, 9.17) is 5.26 Å². The fourth-order valence-electron chi connectivity index (χ4n) is 4.35. The number of likely N-dealkylation sites (tertiary alicyclic amines) is 1. The number of carbonyl (C=O) groups excluding carboxylic acids is 1. The highest BCUT2D eigenvalue weighted by Gasteiger charge is 2.19. The Kier molecular flexibility index (Phi) is 6.09. The zero-order valence-corrected chi connectivity index (χ0v) is 16.8. The van der Waals surface area contributed by atoms with Crippen molar-refractivity contribution in [1.29, 1.82) is 5.26 Å². The van der Waals surface area contributed by atoms with Crippen LogP contribution in [0.1, 0.15) is 58.6 Å². The fourth-order valence-corrected chi connectivity index (χ4v) is 4.35. The average Bonchev–Trinajstić information content (AvgIpc) is 3.48. The van der Waals surface area contributed by atoms with Crippen LogP contribution in [0, 0.1) is 17.2 Å². The van der Waals surface area contributed by atoms with E-state index >= 15 is 0 Å². The van der Waals surface area contributed by atoms with Gasteiger partial charge in [-0.2, -0.15) is 5.26 Å². The molecule has 1 saturated carbocycles. The third kappa shape index (κ3) is 4.58. The van der Waals surface area contributed by atoms with Gasteiger partial charge in [0, 0.05) is 32.5 Å².